The molecule has 0 aliphatic heterocycles. The summed E-state index contributed by atoms with van der Waals surface area (Å²) in [5.41, 5.74) is 0.891. The van der Waals surface area contributed by atoms with Gasteiger partial charge in [0.2, 0.25) is 0 Å². The SMILES string of the molecule is COC(=O)c1c(O)cc(C)cc1OC(C)C. The van der Waals surface area contributed by atoms with Gasteiger partial charge in [0.25, 0.3) is 0 Å². The Morgan fingerprint density at radius 3 is 2.50 bits per heavy atom. The summed E-state index contributed by atoms with van der Waals surface area (Å²) in [6, 6.07) is 3.20. The van der Waals surface area contributed by atoms with Crippen LogP contribution in [0.4, 0.5) is 0 Å². The Balaban J connectivity index is 3.26. The van der Waals surface area contributed by atoms with Gasteiger partial charge in [0.05, 0.1) is 13.2 Å². The first-order valence-corrected chi connectivity index (χ1v) is 5.04. The molecular formula is C12H16O4. The lowest BCUT2D eigenvalue weighted by atomic mass is 10.1. The quantitative estimate of drug-likeness (QED) is 0.800. The number of phenolic OH excluding ortho intramolecular Hbond substituents is 1. The average Bonchev–Trinajstić information content (AvgIpc) is 2.14. The molecule has 1 aromatic rings. The molecule has 0 amide bonds. The normalized spacial score (nSPS) is 10.3. The van der Waals surface area contributed by atoms with E-state index in [4.69, 9.17) is 4.74 Å². The van der Waals surface area contributed by atoms with Gasteiger partial charge >= 0.3 is 5.97 Å². The van der Waals surface area contributed by atoms with Crippen LogP contribution in [0.25, 0.3) is 0 Å². The van der Waals surface area contributed by atoms with Crippen LogP contribution in [0.5, 0.6) is 11.5 Å². The van der Waals surface area contributed by atoms with Gasteiger partial charge in [-0.1, -0.05) is 0 Å². The van der Waals surface area contributed by atoms with Crippen LogP contribution in [0.2, 0.25) is 0 Å². The molecule has 0 saturated heterocycles. The van der Waals surface area contributed by atoms with Crippen molar-refractivity contribution in [3.05, 3.63) is 23.3 Å². The summed E-state index contributed by atoms with van der Waals surface area (Å²) in [6.45, 7) is 5.51. The molecule has 0 atom stereocenters. The highest BCUT2D eigenvalue weighted by atomic mass is 16.5. The lowest BCUT2D eigenvalue weighted by molar-refractivity contribution is 0.0591. The zero-order valence-corrected chi connectivity index (χ0v) is 9.90. The molecule has 0 fully saturated rings. The van der Waals surface area contributed by atoms with E-state index in [0.717, 1.165) is 5.56 Å². The maximum absolute atomic E-state index is 11.5. The third-order valence-electron chi connectivity index (χ3n) is 1.98. The highest BCUT2D eigenvalue weighted by Gasteiger charge is 2.19. The van der Waals surface area contributed by atoms with Crippen LogP contribution in [0.15, 0.2) is 12.1 Å². The third kappa shape index (κ3) is 2.66. The fourth-order valence-electron chi connectivity index (χ4n) is 1.39. The van der Waals surface area contributed by atoms with Gasteiger partial charge < -0.3 is 14.6 Å². The molecule has 88 valence electrons. The minimum Gasteiger partial charge on any atom is -0.507 e. The summed E-state index contributed by atoms with van der Waals surface area (Å²) in [6.07, 6.45) is -0.0791. The van der Waals surface area contributed by atoms with Crippen LogP contribution in [-0.2, 0) is 4.74 Å². The number of aryl methyl sites for hydroxylation is 1. The smallest absolute Gasteiger partial charge is 0.345 e. The number of esters is 1. The summed E-state index contributed by atoms with van der Waals surface area (Å²) in [5, 5.41) is 9.71. The van der Waals surface area contributed by atoms with Crippen molar-refractivity contribution >= 4 is 5.97 Å². The standard InChI is InChI=1S/C12H16O4/c1-7(2)16-10-6-8(3)5-9(13)11(10)12(14)15-4/h5-7,13H,1-4H3. The van der Waals surface area contributed by atoms with E-state index in [0.29, 0.717) is 5.75 Å². The molecule has 0 radical (unpaired) electrons. The molecule has 4 heteroatoms. The van der Waals surface area contributed by atoms with Crippen molar-refractivity contribution in [3.63, 3.8) is 0 Å². The second-order valence-electron chi connectivity index (χ2n) is 3.82. The van der Waals surface area contributed by atoms with Crippen LogP contribution in [-0.4, -0.2) is 24.3 Å². The van der Waals surface area contributed by atoms with Gasteiger partial charge in [-0.25, -0.2) is 4.79 Å². The van der Waals surface area contributed by atoms with Crippen LogP contribution < -0.4 is 4.74 Å². The number of carbonyl (C=O) groups excluding carboxylic acids is 1. The molecule has 0 bridgehead atoms. The topological polar surface area (TPSA) is 55.8 Å². The Hall–Kier alpha value is -1.71. The zero-order valence-electron chi connectivity index (χ0n) is 9.90. The Morgan fingerprint density at radius 2 is 2.00 bits per heavy atom. The van der Waals surface area contributed by atoms with E-state index in [9.17, 15) is 9.90 Å². The monoisotopic (exact) mass is 224 g/mol. The summed E-state index contributed by atoms with van der Waals surface area (Å²) >= 11 is 0. The van der Waals surface area contributed by atoms with Crippen LogP contribution in [0.1, 0.15) is 29.8 Å². The molecule has 0 aromatic heterocycles. The van der Waals surface area contributed by atoms with Gasteiger partial charge in [-0.05, 0) is 38.5 Å². The summed E-state index contributed by atoms with van der Waals surface area (Å²) < 4.78 is 10.1. The van der Waals surface area contributed by atoms with Gasteiger partial charge in [0, 0.05) is 0 Å². The molecule has 0 aliphatic rings. The number of ether oxygens (including phenoxy) is 2. The molecule has 0 unspecified atom stereocenters. The number of carbonyl (C=O) groups is 1. The fourth-order valence-corrected chi connectivity index (χ4v) is 1.39. The van der Waals surface area contributed by atoms with E-state index in [1.54, 1.807) is 6.07 Å². The van der Waals surface area contributed by atoms with Crippen molar-refractivity contribution in [1.82, 2.24) is 0 Å². The number of hydrogen-bond donors (Lipinski definition) is 1. The number of benzene rings is 1. The lowest BCUT2D eigenvalue weighted by Gasteiger charge is -2.14. The lowest BCUT2D eigenvalue weighted by Crippen LogP contribution is -2.11. The third-order valence-corrected chi connectivity index (χ3v) is 1.98. The maximum atomic E-state index is 11.5. The number of phenols is 1. The highest BCUT2D eigenvalue weighted by molar-refractivity contribution is 5.95. The predicted octanol–water partition coefficient (Wildman–Crippen LogP) is 2.27. The molecular weight excluding hydrogens is 208 g/mol. The summed E-state index contributed by atoms with van der Waals surface area (Å²) in [4.78, 5) is 11.5. The van der Waals surface area contributed by atoms with Crippen molar-refractivity contribution in [1.29, 1.82) is 0 Å². The van der Waals surface area contributed by atoms with Crippen LogP contribution >= 0.6 is 0 Å². The first-order valence-electron chi connectivity index (χ1n) is 5.04. The zero-order chi connectivity index (χ0) is 12.3. The van der Waals surface area contributed by atoms with Crippen molar-refractivity contribution in [2.24, 2.45) is 0 Å². The van der Waals surface area contributed by atoms with E-state index in [1.807, 2.05) is 20.8 Å². The first kappa shape index (κ1) is 12.4. The van der Waals surface area contributed by atoms with Crippen molar-refractivity contribution < 1.29 is 19.4 Å². The predicted molar refractivity (Wildman–Crippen MR) is 59.9 cm³/mol. The Kier molecular flexibility index (Phi) is 3.77. The number of methoxy groups -OCH3 is 1. The average molecular weight is 224 g/mol. The Bertz CT molecular complexity index is 396. The van der Waals surface area contributed by atoms with E-state index in [-0.39, 0.29) is 17.4 Å². The first-order chi connectivity index (χ1) is 7.45. The number of hydrogen-bond acceptors (Lipinski definition) is 4. The van der Waals surface area contributed by atoms with Gasteiger partial charge in [-0.3, -0.25) is 0 Å². The molecule has 1 N–H and O–H groups in total. The van der Waals surface area contributed by atoms with Crippen molar-refractivity contribution in [2.45, 2.75) is 26.9 Å². The molecule has 0 heterocycles. The Morgan fingerprint density at radius 1 is 1.38 bits per heavy atom. The molecule has 1 aromatic carbocycles. The molecule has 16 heavy (non-hydrogen) atoms. The van der Waals surface area contributed by atoms with Crippen molar-refractivity contribution in [3.8, 4) is 11.5 Å². The largest absolute Gasteiger partial charge is 0.507 e. The summed E-state index contributed by atoms with van der Waals surface area (Å²) in [5.74, 6) is -0.380. The van der Waals surface area contributed by atoms with E-state index in [2.05, 4.69) is 4.74 Å². The summed E-state index contributed by atoms with van der Waals surface area (Å²) in [7, 11) is 1.26. The van der Waals surface area contributed by atoms with Gasteiger partial charge in [0.1, 0.15) is 17.1 Å². The fraction of sp³-hybridized carbons (Fsp3) is 0.417. The van der Waals surface area contributed by atoms with Gasteiger partial charge in [-0.2, -0.15) is 0 Å². The Labute approximate surface area is 94.8 Å². The molecule has 0 spiro atoms. The second-order valence-corrected chi connectivity index (χ2v) is 3.82. The van der Waals surface area contributed by atoms with Gasteiger partial charge in [0.15, 0.2) is 0 Å². The van der Waals surface area contributed by atoms with E-state index < -0.39 is 5.97 Å². The molecule has 0 saturated carbocycles. The highest BCUT2D eigenvalue weighted by Crippen LogP contribution is 2.30. The van der Waals surface area contributed by atoms with Crippen LogP contribution in [0.3, 0.4) is 0 Å². The van der Waals surface area contributed by atoms with Crippen LogP contribution in [0, 0.1) is 6.92 Å². The maximum Gasteiger partial charge on any atom is 0.345 e. The van der Waals surface area contributed by atoms with Gasteiger partial charge in [-0.15, -0.1) is 0 Å². The minimum absolute atomic E-state index is 0.0711. The van der Waals surface area contributed by atoms with Crippen molar-refractivity contribution in [2.75, 3.05) is 7.11 Å². The molecule has 4 nitrogen and oxygen atoms in total. The minimum atomic E-state index is -0.604. The van der Waals surface area contributed by atoms with E-state index >= 15 is 0 Å². The number of aromatic hydroxyl groups is 1. The number of rotatable bonds is 3. The van der Waals surface area contributed by atoms with E-state index in [1.165, 1.54) is 13.2 Å². The second kappa shape index (κ2) is 4.88. The molecule has 1 rings (SSSR count). The molecule has 0 aliphatic carbocycles.